The molecule has 0 bridgehead atoms. The lowest BCUT2D eigenvalue weighted by Crippen LogP contribution is -2.42. The molecule has 2 rings (SSSR count). The van der Waals surface area contributed by atoms with Crippen molar-refractivity contribution < 1.29 is 18.7 Å². The van der Waals surface area contributed by atoms with Gasteiger partial charge in [0.25, 0.3) is 5.91 Å². The number of rotatable bonds is 2. The molecule has 1 amide bonds. The molecule has 6 heteroatoms. The molecule has 110 valence electrons. The number of nitrogens with zero attached hydrogens (tertiary/aromatic N) is 1. The molecule has 0 spiro atoms. The summed E-state index contributed by atoms with van der Waals surface area (Å²) >= 11 is 0. The normalized spacial score (nSPS) is 19.8. The third kappa shape index (κ3) is 2.90. The second kappa shape index (κ2) is 6.17. The van der Waals surface area contributed by atoms with E-state index >= 15 is 0 Å². The fourth-order valence-corrected chi connectivity index (χ4v) is 2.56. The largest absolute Gasteiger partial charge is 0.396 e. The molecule has 0 aliphatic carbocycles. The topological polar surface area (TPSA) is 66.6 Å². The van der Waals surface area contributed by atoms with E-state index in [0.29, 0.717) is 13.0 Å². The Kier molecular flexibility index (Phi) is 4.54. The Morgan fingerprint density at radius 2 is 2.10 bits per heavy atom. The summed E-state index contributed by atoms with van der Waals surface area (Å²) in [6, 6.07) is 1.35. The second-order valence-electron chi connectivity index (χ2n) is 5.04. The van der Waals surface area contributed by atoms with E-state index in [1.807, 2.05) is 0 Å². The quantitative estimate of drug-likeness (QED) is 0.815. The van der Waals surface area contributed by atoms with E-state index in [1.54, 1.807) is 0 Å². The Bertz CT molecular complexity index is 508. The van der Waals surface area contributed by atoms with Crippen molar-refractivity contribution in [1.29, 1.82) is 0 Å². The molecule has 1 aliphatic rings. The highest BCUT2D eigenvalue weighted by molar-refractivity contribution is 5.95. The van der Waals surface area contributed by atoms with E-state index in [2.05, 4.69) is 0 Å². The Labute approximate surface area is 116 Å². The number of aliphatic hydroxyl groups excluding tert-OH is 1. The van der Waals surface area contributed by atoms with Gasteiger partial charge < -0.3 is 15.7 Å². The van der Waals surface area contributed by atoms with E-state index in [1.165, 1.54) is 4.90 Å². The number of amides is 1. The lowest BCUT2D eigenvalue weighted by atomic mass is 10.1. The molecule has 1 aromatic rings. The molecular weight excluding hydrogens is 266 g/mol. The van der Waals surface area contributed by atoms with E-state index in [0.717, 1.165) is 31.4 Å². The smallest absolute Gasteiger partial charge is 0.257 e. The average molecular weight is 284 g/mol. The predicted octanol–water partition coefficient (Wildman–Crippen LogP) is 1.92. The fourth-order valence-electron chi connectivity index (χ4n) is 2.56. The van der Waals surface area contributed by atoms with Crippen molar-refractivity contribution in [2.24, 2.45) is 0 Å². The third-order valence-electron chi connectivity index (χ3n) is 3.64. The van der Waals surface area contributed by atoms with Crippen molar-refractivity contribution in [3.63, 3.8) is 0 Å². The summed E-state index contributed by atoms with van der Waals surface area (Å²) in [6.07, 6.45) is 3.31. The van der Waals surface area contributed by atoms with Gasteiger partial charge in [-0.25, -0.2) is 8.78 Å². The summed E-state index contributed by atoms with van der Waals surface area (Å²) in [7, 11) is 0. The summed E-state index contributed by atoms with van der Waals surface area (Å²) in [5, 5.41) is 9.37. The molecule has 0 aromatic heterocycles. The number of carbonyl (C=O) groups is 1. The Morgan fingerprint density at radius 1 is 1.35 bits per heavy atom. The molecule has 1 heterocycles. The van der Waals surface area contributed by atoms with Gasteiger partial charge in [-0.1, -0.05) is 12.8 Å². The first kappa shape index (κ1) is 14.7. The molecule has 1 aliphatic heterocycles. The maximum absolute atomic E-state index is 13.9. The van der Waals surface area contributed by atoms with Gasteiger partial charge in [-0.2, -0.15) is 0 Å². The number of nitrogens with two attached hydrogens (primary N) is 1. The third-order valence-corrected chi connectivity index (χ3v) is 3.64. The zero-order valence-electron chi connectivity index (χ0n) is 11.1. The van der Waals surface area contributed by atoms with Crippen LogP contribution in [0.5, 0.6) is 0 Å². The lowest BCUT2D eigenvalue weighted by molar-refractivity contribution is 0.0595. The summed E-state index contributed by atoms with van der Waals surface area (Å²) in [5.74, 6) is -2.27. The molecule has 1 atom stereocenters. The number of carbonyl (C=O) groups excluding carboxylic acids is 1. The molecule has 0 saturated carbocycles. The molecule has 20 heavy (non-hydrogen) atoms. The molecular formula is C14H18F2N2O2. The molecule has 4 nitrogen and oxygen atoms in total. The van der Waals surface area contributed by atoms with Gasteiger partial charge in [0.2, 0.25) is 0 Å². The number of hydrogen-bond donors (Lipinski definition) is 2. The number of anilines is 1. The van der Waals surface area contributed by atoms with Crippen LogP contribution in [-0.4, -0.2) is 35.1 Å². The van der Waals surface area contributed by atoms with Gasteiger partial charge in [-0.15, -0.1) is 0 Å². The predicted molar refractivity (Wildman–Crippen MR) is 71.1 cm³/mol. The van der Waals surface area contributed by atoms with Crippen LogP contribution in [0.4, 0.5) is 14.5 Å². The lowest BCUT2D eigenvalue weighted by Gasteiger charge is -2.29. The minimum absolute atomic E-state index is 0.182. The number of halogens is 2. The standard InChI is InChI=1S/C14H18F2N2O2/c15-9-6-11(13(16)12(17)7-9)14(20)18-5-3-1-2-4-10(18)8-19/h6-7,10,19H,1-5,8,17H2. The zero-order chi connectivity index (χ0) is 14.7. The maximum atomic E-state index is 13.9. The van der Waals surface area contributed by atoms with Crippen LogP contribution in [0, 0.1) is 11.6 Å². The van der Waals surface area contributed by atoms with E-state index in [4.69, 9.17) is 5.73 Å². The first-order valence-electron chi connectivity index (χ1n) is 6.71. The highest BCUT2D eigenvalue weighted by Crippen LogP contribution is 2.23. The fraction of sp³-hybridized carbons (Fsp3) is 0.500. The van der Waals surface area contributed by atoms with Crippen LogP contribution in [0.25, 0.3) is 0 Å². The summed E-state index contributed by atoms with van der Waals surface area (Å²) in [4.78, 5) is 13.8. The van der Waals surface area contributed by atoms with Crippen molar-refractivity contribution in [3.05, 3.63) is 29.3 Å². The van der Waals surface area contributed by atoms with Gasteiger partial charge in [-0.05, 0) is 25.0 Å². The van der Waals surface area contributed by atoms with Crippen molar-refractivity contribution in [2.75, 3.05) is 18.9 Å². The summed E-state index contributed by atoms with van der Waals surface area (Å²) in [6.45, 7) is 0.248. The zero-order valence-corrected chi connectivity index (χ0v) is 11.1. The number of benzene rings is 1. The van der Waals surface area contributed by atoms with E-state index < -0.39 is 17.5 Å². The molecule has 3 N–H and O–H groups in total. The van der Waals surface area contributed by atoms with Gasteiger partial charge in [0.05, 0.1) is 23.9 Å². The number of nitrogen functional groups attached to an aromatic ring is 1. The van der Waals surface area contributed by atoms with Crippen LogP contribution < -0.4 is 5.73 Å². The van der Waals surface area contributed by atoms with Crippen molar-refractivity contribution in [1.82, 2.24) is 4.90 Å². The highest BCUT2D eigenvalue weighted by Gasteiger charge is 2.28. The van der Waals surface area contributed by atoms with Gasteiger partial charge in [0, 0.05) is 6.54 Å². The second-order valence-corrected chi connectivity index (χ2v) is 5.04. The Hall–Kier alpha value is -1.69. The van der Waals surface area contributed by atoms with Gasteiger partial charge in [0.1, 0.15) is 5.82 Å². The number of likely N-dealkylation sites (tertiary alicyclic amines) is 1. The van der Waals surface area contributed by atoms with Crippen LogP contribution in [0.1, 0.15) is 36.0 Å². The SMILES string of the molecule is Nc1cc(F)cc(C(=O)N2CCCCCC2CO)c1F. The van der Waals surface area contributed by atoms with Crippen LogP contribution in [0.2, 0.25) is 0 Å². The Morgan fingerprint density at radius 3 is 2.80 bits per heavy atom. The van der Waals surface area contributed by atoms with Crippen LogP contribution >= 0.6 is 0 Å². The Balaban J connectivity index is 2.33. The van der Waals surface area contributed by atoms with Crippen LogP contribution in [-0.2, 0) is 0 Å². The first-order valence-corrected chi connectivity index (χ1v) is 6.71. The minimum atomic E-state index is -0.905. The van der Waals surface area contributed by atoms with E-state index in [9.17, 15) is 18.7 Å². The average Bonchev–Trinajstić information content (AvgIpc) is 2.67. The first-order chi connectivity index (χ1) is 9.54. The monoisotopic (exact) mass is 284 g/mol. The van der Waals surface area contributed by atoms with Crippen molar-refractivity contribution >= 4 is 11.6 Å². The van der Waals surface area contributed by atoms with Gasteiger partial charge in [0.15, 0.2) is 5.82 Å². The number of hydrogen-bond acceptors (Lipinski definition) is 3. The molecule has 1 aromatic carbocycles. The van der Waals surface area contributed by atoms with Crippen molar-refractivity contribution in [3.8, 4) is 0 Å². The summed E-state index contributed by atoms with van der Waals surface area (Å²) < 4.78 is 27.2. The van der Waals surface area contributed by atoms with E-state index in [-0.39, 0.29) is 23.9 Å². The molecule has 1 saturated heterocycles. The highest BCUT2D eigenvalue weighted by atomic mass is 19.1. The van der Waals surface area contributed by atoms with Crippen molar-refractivity contribution in [2.45, 2.75) is 31.7 Å². The molecule has 0 radical (unpaired) electrons. The van der Waals surface area contributed by atoms with Crippen LogP contribution in [0.3, 0.4) is 0 Å². The van der Waals surface area contributed by atoms with Gasteiger partial charge in [-0.3, -0.25) is 4.79 Å². The summed E-state index contributed by atoms with van der Waals surface area (Å²) in [5.41, 5.74) is 4.59. The minimum Gasteiger partial charge on any atom is -0.396 e. The maximum Gasteiger partial charge on any atom is 0.257 e. The number of aliphatic hydroxyl groups is 1. The molecule has 1 unspecified atom stereocenters. The molecule has 1 fully saturated rings. The van der Waals surface area contributed by atoms with Crippen LogP contribution in [0.15, 0.2) is 12.1 Å². The van der Waals surface area contributed by atoms with Gasteiger partial charge >= 0.3 is 0 Å².